The minimum atomic E-state index is -0.453. The summed E-state index contributed by atoms with van der Waals surface area (Å²) in [5, 5.41) is 3.64. The molecule has 132 valence electrons. The molecule has 0 spiro atoms. The predicted octanol–water partition coefficient (Wildman–Crippen LogP) is 3.14. The number of nitrogens with zero attached hydrogens (tertiary/aromatic N) is 1. The molecule has 5 nitrogen and oxygen atoms in total. The van der Waals surface area contributed by atoms with Crippen LogP contribution in [0.1, 0.15) is 46.5 Å². The fourth-order valence-electron chi connectivity index (χ4n) is 2.40. The van der Waals surface area contributed by atoms with Gasteiger partial charge in [0, 0.05) is 0 Å². The number of aromatic nitrogens is 1. The van der Waals surface area contributed by atoms with Crippen LogP contribution in [0.2, 0.25) is 0 Å². The standard InChI is InChI=1S/C18H26N2O3Se/c1-18(2,3)23-17(22)19-12-8-4-5-9-13-20-16(21)14-10-6-7-11-15(14)24-20/h6-7,10-11H,4-5,8-9,12-13H2,1-3H3,(H,19,22). The molecule has 24 heavy (non-hydrogen) atoms. The third-order valence-electron chi connectivity index (χ3n) is 3.51. The molecule has 0 saturated carbocycles. The number of hydrogen-bond donors (Lipinski definition) is 1. The van der Waals surface area contributed by atoms with Crippen molar-refractivity contribution >= 4 is 30.5 Å². The number of hydrogen-bond acceptors (Lipinski definition) is 3. The summed E-state index contributed by atoms with van der Waals surface area (Å²) in [5.41, 5.74) is -0.275. The van der Waals surface area contributed by atoms with E-state index in [9.17, 15) is 9.59 Å². The first-order valence-electron chi connectivity index (χ1n) is 8.42. The summed E-state index contributed by atoms with van der Waals surface area (Å²) in [7, 11) is 0. The van der Waals surface area contributed by atoms with Crippen LogP contribution >= 0.6 is 0 Å². The molecule has 0 radical (unpaired) electrons. The second kappa shape index (κ2) is 8.54. The summed E-state index contributed by atoms with van der Waals surface area (Å²) in [4.78, 5) is 23.7. The van der Waals surface area contributed by atoms with Gasteiger partial charge in [-0.15, -0.1) is 0 Å². The molecule has 0 aliphatic rings. The Morgan fingerprint density at radius 2 is 1.88 bits per heavy atom. The predicted molar refractivity (Wildman–Crippen MR) is 97.9 cm³/mol. The molecule has 1 aromatic carbocycles. The number of fused-ring (bicyclic) bond motifs is 1. The molecule has 0 saturated heterocycles. The molecule has 1 N–H and O–H groups in total. The van der Waals surface area contributed by atoms with Gasteiger partial charge in [-0.1, -0.05) is 0 Å². The zero-order valence-electron chi connectivity index (χ0n) is 14.6. The molecular weight excluding hydrogens is 371 g/mol. The van der Waals surface area contributed by atoms with E-state index >= 15 is 0 Å². The number of nitrogens with one attached hydrogen (secondary N) is 1. The zero-order valence-corrected chi connectivity index (χ0v) is 16.3. The van der Waals surface area contributed by atoms with Crippen molar-refractivity contribution in [2.24, 2.45) is 0 Å². The quantitative estimate of drug-likeness (QED) is 0.577. The fraction of sp³-hybridized carbons (Fsp3) is 0.556. The van der Waals surface area contributed by atoms with Crippen molar-refractivity contribution in [1.29, 1.82) is 0 Å². The van der Waals surface area contributed by atoms with Gasteiger partial charge >= 0.3 is 149 Å². The molecular formula is C18H26N2O3Se. The maximum absolute atomic E-state index is 12.2. The molecule has 0 bridgehead atoms. The van der Waals surface area contributed by atoms with E-state index in [-0.39, 0.29) is 26.4 Å². The molecule has 0 fully saturated rings. The Morgan fingerprint density at radius 1 is 1.17 bits per heavy atom. The van der Waals surface area contributed by atoms with Crippen molar-refractivity contribution < 1.29 is 9.53 Å². The van der Waals surface area contributed by atoms with Crippen LogP contribution < -0.4 is 10.9 Å². The Bertz CT molecular complexity index is 728. The summed E-state index contributed by atoms with van der Waals surface area (Å²) >= 11 is 0.131. The van der Waals surface area contributed by atoms with E-state index in [1.807, 2.05) is 42.5 Å². The molecule has 6 heteroatoms. The Morgan fingerprint density at radius 3 is 2.58 bits per heavy atom. The number of alkyl carbamates (subject to hydrolysis) is 1. The molecule has 0 aliphatic carbocycles. The number of carbonyl (C=O) groups is 1. The van der Waals surface area contributed by atoms with Crippen LogP contribution in [0, 0.1) is 0 Å². The summed E-state index contributed by atoms with van der Waals surface area (Å²) in [5.74, 6) is 0. The van der Waals surface area contributed by atoms with Gasteiger partial charge < -0.3 is 0 Å². The number of ether oxygens (including phenoxy) is 1. The van der Waals surface area contributed by atoms with Crippen LogP contribution in [0.5, 0.6) is 0 Å². The van der Waals surface area contributed by atoms with E-state index in [1.54, 1.807) is 0 Å². The van der Waals surface area contributed by atoms with Crippen LogP contribution in [0.4, 0.5) is 4.79 Å². The zero-order chi connectivity index (χ0) is 17.6. The van der Waals surface area contributed by atoms with Crippen molar-refractivity contribution in [3.63, 3.8) is 0 Å². The van der Waals surface area contributed by atoms with Gasteiger partial charge in [0.25, 0.3) is 0 Å². The molecule has 1 heterocycles. The minimum absolute atomic E-state index is 0.131. The molecule has 0 unspecified atom stereocenters. The number of benzene rings is 1. The van der Waals surface area contributed by atoms with Gasteiger partial charge in [0.15, 0.2) is 0 Å². The van der Waals surface area contributed by atoms with E-state index in [1.165, 1.54) is 4.26 Å². The van der Waals surface area contributed by atoms with Gasteiger partial charge in [0.05, 0.1) is 0 Å². The Labute approximate surface area is 149 Å². The monoisotopic (exact) mass is 398 g/mol. The van der Waals surface area contributed by atoms with E-state index in [4.69, 9.17) is 4.74 Å². The van der Waals surface area contributed by atoms with Crippen molar-refractivity contribution in [2.75, 3.05) is 6.54 Å². The SMILES string of the molecule is CC(C)(C)OC(=O)NCCCCCCn1[se]c2ccccc2c1=O. The number of unbranched alkanes of at least 4 members (excludes halogenated alkanes) is 3. The molecule has 1 aromatic heterocycles. The Balaban J connectivity index is 1.62. The van der Waals surface area contributed by atoms with Crippen LogP contribution in [0.3, 0.4) is 0 Å². The Kier molecular flexibility index (Phi) is 6.69. The van der Waals surface area contributed by atoms with Gasteiger partial charge in [-0.2, -0.15) is 0 Å². The molecule has 0 aliphatic heterocycles. The van der Waals surface area contributed by atoms with Crippen molar-refractivity contribution in [3.8, 4) is 0 Å². The maximum atomic E-state index is 12.2. The summed E-state index contributed by atoms with van der Waals surface area (Å²) in [6.45, 7) is 7.02. The molecule has 2 rings (SSSR count). The van der Waals surface area contributed by atoms with Crippen molar-refractivity contribution in [2.45, 2.75) is 58.6 Å². The summed E-state index contributed by atoms with van der Waals surface area (Å²) < 4.78 is 8.36. The molecule has 0 atom stereocenters. The van der Waals surface area contributed by atoms with E-state index < -0.39 is 5.60 Å². The molecule has 2 aromatic rings. The first kappa shape index (κ1) is 18.8. The number of rotatable bonds is 7. The number of carbonyl (C=O) groups excluding carboxylic acids is 1. The third-order valence-corrected chi connectivity index (χ3v) is 5.86. The summed E-state index contributed by atoms with van der Waals surface area (Å²) in [6.07, 6.45) is 3.68. The van der Waals surface area contributed by atoms with Crippen molar-refractivity contribution in [1.82, 2.24) is 8.88 Å². The van der Waals surface area contributed by atoms with Crippen molar-refractivity contribution in [3.05, 3.63) is 34.6 Å². The van der Waals surface area contributed by atoms with Gasteiger partial charge in [0.2, 0.25) is 0 Å². The van der Waals surface area contributed by atoms with Crippen LogP contribution in [-0.2, 0) is 11.3 Å². The van der Waals surface area contributed by atoms with Crippen LogP contribution in [-0.4, -0.2) is 36.5 Å². The van der Waals surface area contributed by atoms with E-state index in [0.29, 0.717) is 6.54 Å². The van der Waals surface area contributed by atoms with Crippen LogP contribution in [0.25, 0.3) is 9.65 Å². The first-order chi connectivity index (χ1) is 11.4. The van der Waals surface area contributed by atoms with E-state index in [2.05, 4.69) is 11.4 Å². The summed E-state index contributed by atoms with van der Waals surface area (Å²) in [6, 6.07) is 7.89. The van der Waals surface area contributed by atoms with Gasteiger partial charge in [-0.3, -0.25) is 0 Å². The first-order valence-corrected chi connectivity index (χ1v) is 10.0. The Hall–Kier alpha value is -1.52. The average molecular weight is 397 g/mol. The third kappa shape index (κ3) is 5.84. The number of amides is 1. The second-order valence-corrected chi connectivity index (χ2v) is 9.07. The molecule has 1 amide bonds. The fourth-order valence-corrected chi connectivity index (χ4v) is 4.57. The van der Waals surface area contributed by atoms with Gasteiger partial charge in [-0.25, -0.2) is 0 Å². The van der Waals surface area contributed by atoms with E-state index in [0.717, 1.165) is 37.6 Å². The normalized spacial score (nSPS) is 11.6. The van der Waals surface area contributed by atoms with Crippen LogP contribution in [0.15, 0.2) is 29.1 Å². The van der Waals surface area contributed by atoms with Gasteiger partial charge in [0.1, 0.15) is 0 Å². The average Bonchev–Trinajstić information content (AvgIpc) is 2.81. The second-order valence-electron chi connectivity index (χ2n) is 6.84. The topological polar surface area (TPSA) is 60.3 Å². The van der Waals surface area contributed by atoms with Gasteiger partial charge in [-0.05, 0) is 0 Å². The number of aryl methyl sites for hydroxylation is 1.